The van der Waals surface area contributed by atoms with Crippen molar-refractivity contribution in [1.29, 1.82) is 0 Å². The zero-order chi connectivity index (χ0) is 14.7. The van der Waals surface area contributed by atoms with E-state index >= 15 is 0 Å². The van der Waals surface area contributed by atoms with Crippen LogP contribution in [0.1, 0.15) is 18.2 Å². The first-order valence-corrected chi connectivity index (χ1v) is 8.40. The maximum atomic E-state index is 4.62. The van der Waals surface area contributed by atoms with Crippen LogP contribution < -0.4 is 4.90 Å². The summed E-state index contributed by atoms with van der Waals surface area (Å²) in [4.78, 5) is 13.7. The number of aromatic nitrogens is 2. The first kappa shape index (κ1) is 14.5. The number of pyridine rings is 1. The summed E-state index contributed by atoms with van der Waals surface area (Å²) >= 11 is 1.76. The van der Waals surface area contributed by atoms with Crippen molar-refractivity contribution in [3.05, 3.63) is 41.2 Å². The van der Waals surface area contributed by atoms with Crippen molar-refractivity contribution < 1.29 is 0 Å². The second kappa shape index (κ2) is 6.54. The van der Waals surface area contributed by atoms with E-state index in [1.54, 1.807) is 11.3 Å². The third-order valence-corrected chi connectivity index (χ3v) is 5.03. The molecule has 0 unspecified atom stereocenters. The molecule has 0 amide bonds. The Morgan fingerprint density at radius 2 is 2.10 bits per heavy atom. The Kier molecular flexibility index (Phi) is 4.51. The maximum absolute atomic E-state index is 4.62. The van der Waals surface area contributed by atoms with Crippen LogP contribution in [0.15, 0.2) is 29.9 Å². The molecule has 0 aromatic carbocycles. The molecule has 1 aliphatic rings. The van der Waals surface area contributed by atoms with E-state index < -0.39 is 0 Å². The van der Waals surface area contributed by atoms with E-state index in [4.69, 9.17) is 0 Å². The van der Waals surface area contributed by atoms with Gasteiger partial charge in [-0.05, 0) is 38.0 Å². The molecule has 5 heteroatoms. The normalized spacial score (nSPS) is 19.9. The number of nitrogens with zero attached hydrogens (tertiary/aromatic N) is 4. The minimum atomic E-state index is 0.529. The van der Waals surface area contributed by atoms with E-state index in [1.165, 1.54) is 10.7 Å². The predicted molar refractivity (Wildman–Crippen MR) is 88.0 cm³/mol. The lowest BCUT2D eigenvalue weighted by atomic mass is 10.1. The Morgan fingerprint density at radius 3 is 2.76 bits per heavy atom. The SMILES string of the molecule is Cc1csc(N2CCN(CCc3ccncc3)C[C@@H]2C)n1. The Hall–Kier alpha value is -1.46. The van der Waals surface area contributed by atoms with Crippen molar-refractivity contribution in [2.24, 2.45) is 0 Å². The number of rotatable bonds is 4. The van der Waals surface area contributed by atoms with Crippen LogP contribution in [-0.4, -0.2) is 47.1 Å². The van der Waals surface area contributed by atoms with Crippen molar-refractivity contribution in [3.8, 4) is 0 Å². The van der Waals surface area contributed by atoms with E-state index in [0.29, 0.717) is 6.04 Å². The van der Waals surface area contributed by atoms with E-state index in [-0.39, 0.29) is 0 Å². The zero-order valence-electron chi connectivity index (χ0n) is 12.7. The third-order valence-electron chi connectivity index (χ3n) is 4.03. The maximum Gasteiger partial charge on any atom is 0.185 e. The molecule has 1 atom stereocenters. The molecule has 0 radical (unpaired) electrons. The third kappa shape index (κ3) is 3.60. The summed E-state index contributed by atoms with van der Waals surface area (Å²) in [6.07, 6.45) is 4.85. The van der Waals surface area contributed by atoms with Crippen LogP contribution >= 0.6 is 11.3 Å². The molecule has 2 aromatic rings. The van der Waals surface area contributed by atoms with Gasteiger partial charge in [0.2, 0.25) is 0 Å². The number of piperazine rings is 1. The van der Waals surface area contributed by atoms with E-state index in [9.17, 15) is 0 Å². The Labute approximate surface area is 130 Å². The molecular weight excluding hydrogens is 280 g/mol. The molecule has 1 aliphatic heterocycles. The Morgan fingerprint density at radius 1 is 1.29 bits per heavy atom. The minimum absolute atomic E-state index is 0.529. The molecule has 0 saturated carbocycles. The van der Waals surface area contributed by atoms with Gasteiger partial charge in [0.1, 0.15) is 0 Å². The molecule has 3 heterocycles. The number of anilines is 1. The van der Waals surface area contributed by atoms with Crippen LogP contribution in [0, 0.1) is 6.92 Å². The molecule has 21 heavy (non-hydrogen) atoms. The molecule has 4 nitrogen and oxygen atoms in total. The average Bonchev–Trinajstić information content (AvgIpc) is 2.92. The van der Waals surface area contributed by atoms with Crippen LogP contribution in [0.5, 0.6) is 0 Å². The molecule has 3 rings (SSSR count). The average molecular weight is 302 g/mol. The van der Waals surface area contributed by atoms with Crippen LogP contribution in [-0.2, 0) is 6.42 Å². The highest BCUT2D eigenvalue weighted by Crippen LogP contribution is 2.24. The van der Waals surface area contributed by atoms with Crippen molar-refractivity contribution in [3.63, 3.8) is 0 Å². The van der Waals surface area contributed by atoms with Gasteiger partial charge >= 0.3 is 0 Å². The van der Waals surface area contributed by atoms with Gasteiger partial charge < -0.3 is 4.90 Å². The zero-order valence-corrected chi connectivity index (χ0v) is 13.5. The molecule has 0 bridgehead atoms. The summed E-state index contributed by atoms with van der Waals surface area (Å²) in [6, 6.07) is 4.75. The summed E-state index contributed by atoms with van der Waals surface area (Å²) in [7, 11) is 0. The standard InChI is InChI=1S/C16H22N4S/c1-13-12-21-16(18-13)20-10-9-19(11-14(20)2)8-5-15-3-6-17-7-4-15/h3-4,6-7,12,14H,5,8-11H2,1-2H3/t14-/m0/s1. The fraction of sp³-hybridized carbons (Fsp3) is 0.500. The van der Waals surface area contributed by atoms with E-state index in [0.717, 1.165) is 38.3 Å². The van der Waals surface area contributed by atoms with Gasteiger partial charge in [-0.15, -0.1) is 11.3 Å². The van der Waals surface area contributed by atoms with Crippen LogP contribution in [0.4, 0.5) is 5.13 Å². The lowest BCUT2D eigenvalue weighted by Crippen LogP contribution is -2.52. The summed E-state index contributed by atoms with van der Waals surface area (Å²) in [6.45, 7) is 8.80. The van der Waals surface area contributed by atoms with E-state index in [1.807, 2.05) is 12.4 Å². The molecule has 0 N–H and O–H groups in total. The molecule has 1 fully saturated rings. The quantitative estimate of drug-likeness (QED) is 0.869. The van der Waals surface area contributed by atoms with Crippen molar-refractivity contribution in [2.75, 3.05) is 31.1 Å². The molecule has 0 spiro atoms. The second-order valence-electron chi connectivity index (χ2n) is 5.72. The number of hydrogen-bond donors (Lipinski definition) is 0. The highest BCUT2D eigenvalue weighted by molar-refractivity contribution is 7.13. The van der Waals surface area contributed by atoms with Gasteiger partial charge in [0.15, 0.2) is 5.13 Å². The molecule has 2 aromatic heterocycles. The number of hydrogen-bond acceptors (Lipinski definition) is 5. The predicted octanol–water partition coefficient (Wildman–Crippen LogP) is 2.60. The topological polar surface area (TPSA) is 32.3 Å². The minimum Gasteiger partial charge on any atom is -0.343 e. The fourth-order valence-electron chi connectivity index (χ4n) is 2.83. The Balaban J connectivity index is 1.53. The van der Waals surface area contributed by atoms with Gasteiger partial charge in [-0.25, -0.2) is 4.98 Å². The summed E-state index contributed by atoms with van der Waals surface area (Å²) < 4.78 is 0. The fourth-order valence-corrected chi connectivity index (χ4v) is 3.76. The Bertz CT molecular complexity index is 569. The van der Waals surface area contributed by atoms with Gasteiger partial charge in [0.25, 0.3) is 0 Å². The summed E-state index contributed by atoms with van der Waals surface area (Å²) in [5.41, 5.74) is 2.50. The first-order valence-electron chi connectivity index (χ1n) is 7.52. The lowest BCUT2D eigenvalue weighted by molar-refractivity contribution is 0.231. The van der Waals surface area contributed by atoms with Gasteiger partial charge in [-0.3, -0.25) is 9.88 Å². The molecule has 112 valence electrons. The van der Waals surface area contributed by atoms with Crippen LogP contribution in [0.2, 0.25) is 0 Å². The molecule has 0 aliphatic carbocycles. The van der Waals surface area contributed by atoms with E-state index in [2.05, 4.69) is 51.1 Å². The van der Waals surface area contributed by atoms with Gasteiger partial charge in [-0.2, -0.15) is 0 Å². The second-order valence-corrected chi connectivity index (χ2v) is 6.56. The first-order chi connectivity index (χ1) is 10.2. The van der Waals surface area contributed by atoms with Crippen LogP contribution in [0.3, 0.4) is 0 Å². The summed E-state index contributed by atoms with van der Waals surface area (Å²) in [5, 5.41) is 3.31. The highest BCUT2D eigenvalue weighted by Gasteiger charge is 2.25. The van der Waals surface area contributed by atoms with Crippen molar-refractivity contribution >= 4 is 16.5 Å². The smallest absolute Gasteiger partial charge is 0.185 e. The lowest BCUT2D eigenvalue weighted by Gasteiger charge is -2.39. The molecular formula is C16H22N4S. The van der Waals surface area contributed by atoms with Gasteiger partial charge in [0, 0.05) is 50.0 Å². The van der Waals surface area contributed by atoms with Crippen LogP contribution in [0.25, 0.3) is 0 Å². The number of aryl methyl sites for hydroxylation is 1. The van der Waals surface area contributed by atoms with Crippen molar-refractivity contribution in [1.82, 2.24) is 14.9 Å². The highest BCUT2D eigenvalue weighted by atomic mass is 32.1. The molecule has 1 saturated heterocycles. The van der Waals surface area contributed by atoms with Crippen molar-refractivity contribution in [2.45, 2.75) is 26.3 Å². The summed E-state index contributed by atoms with van der Waals surface area (Å²) in [5.74, 6) is 0. The largest absolute Gasteiger partial charge is 0.343 e. The number of thiazole rings is 1. The van der Waals surface area contributed by atoms with Gasteiger partial charge in [-0.1, -0.05) is 0 Å². The monoisotopic (exact) mass is 302 g/mol. The van der Waals surface area contributed by atoms with Gasteiger partial charge in [0.05, 0.1) is 5.69 Å².